The highest BCUT2D eigenvalue weighted by atomic mass is 15.2. The first kappa shape index (κ1) is 17.9. The number of anilines is 1. The second-order valence-electron chi connectivity index (χ2n) is 7.10. The molecule has 0 fully saturated rings. The maximum atomic E-state index is 4.74. The van der Waals surface area contributed by atoms with Gasteiger partial charge in [0.25, 0.3) is 0 Å². The highest BCUT2D eigenvalue weighted by Crippen LogP contribution is 2.15. The number of pyridine rings is 1. The van der Waals surface area contributed by atoms with Crippen molar-refractivity contribution >= 4 is 5.82 Å². The van der Waals surface area contributed by atoms with Crippen LogP contribution in [0, 0.1) is 6.92 Å². The summed E-state index contributed by atoms with van der Waals surface area (Å²) in [6, 6.07) is 4.32. The van der Waals surface area contributed by atoms with Crippen molar-refractivity contribution < 1.29 is 0 Å². The Hall–Kier alpha value is -1.13. The molecule has 4 nitrogen and oxygen atoms in total. The molecule has 0 amide bonds. The molecule has 0 aliphatic heterocycles. The van der Waals surface area contributed by atoms with Gasteiger partial charge in [-0.1, -0.05) is 6.07 Å². The standard InChI is InChI=1S/C17H32N4/c1-14-15(13-18-17(2,3)4)9-10-16(19-14)21(7)12-8-11-20(5)6/h9-10,18H,8,11-13H2,1-7H3. The van der Waals surface area contributed by atoms with E-state index in [4.69, 9.17) is 4.98 Å². The number of rotatable bonds is 7. The molecule has 1 rings (SSSR count). The van der Waals surface area contributed by atoms with Crippen LogP contribution in [0.3, 0.4) is 0 Å². The fourth-order valence-electron chi connectivity index (χ4n) is 2.08. The maximum absolute atomic E-state index is 4.74. The number of nitrogens with zero attached hydrogens (tertiary/aromatic N) is 3. The zero-order valence-corrected chi connectivity index (χ0v) is 14.8. The van der Waals surface area contributed by atoms with Crippen LogP contribution in [-0.2, 0) is 6.54 Å². The summed E-state index contributed by atoms with van der Waals surface area (Å²) in [5.41, 5.74) is 2.52. The topological polar surface area (TPSA) is 31.4 Å². The van der Waals surface area contributed by atoms with E-state index in [9.17, 15) is 0 Å². The van der Waals surface area contributed by atoms with E-state index in [0.717, 1.165) is 37.6 Å². The lowest BCUT2D eigenvalue weighted by atomic mass is 10.1. The third kappa shape index (κ3) is 6.91. The van der Waals surface area contributed by atoms with E-state index in [1.54, 1.807) is 0 Å². The van der Waals surface area contributed by atoms with Gasteiger partial charge in [0.2, 0.25) is 0 Å². The van der Waals surface area contributed by atoms with Crippen LogP contribution in [0.25, 0.3) is 0 Å². The Morgan fingerprint density at radius 2 is 1.76 bits per heavy atom. The summed E-state index contributed by atoms with van der Waals surface area (Å²) < 4.78 is 0. The number of aryl methyl sites for hydroxylation is 1. The largest absolute Gasteiger partial charge is 0.360 e. The predicted octanol–water partition coefficient (Wildman–Crippen LogP) is 2.67. The van der Waals surface area contributed by atoms with Crippen molar-refractivity contribution in [2.45, 2.75) is 46.2 Å². The van der Waals surface area contributed by atoms with Crippen molar-refractivity contribution in [3.05, 3.63) is 23.4 Å². The average Bonchev–Trinajstić information content (AvgIpc) is 2.35. The highest BCUT2D eigenvalue weighted by molar-refractivity contribution is 5.40. The summed E-state index contributed by atoms with van der Waals surface area (Å²) in [4.78, 5) is 9.19. The minimum absolute atomic E-state index is 0.133. The molecule has 0 saturated carbocycles. The number of hydrogen-bond acceptors (Lipinski definition) is 4. The molecule has 0 bridgehead atoms. The Bertz CT molecular complexity index is 435. The third-order valence-corrected chi connectivity index (χ3v) is 3.48. The van der Waals surface area contributed by atoms with E-state index in [0.29, 0.717) is 0 Å². The van der Waals surface area contributed by atoms with E-state index in [1.807, 2.05) is 0 Å². The average molecular weight is 292 g/mol. The van der Waals surface area contributed by atoms with Gasteiger partial charge in [0, 0.05) is 31.4 Å². The van der Waals surface area contributed by atoms with Crippen LogP contribution in [0.4, 0.5) is 5.82 Å². The number of nitrogens with one attached hydrogen (secondary N) is 1. The molecule has 1 aromatic heterocycles. The van der Waals surface area contributed by atoms with Crippen molar-refractivity contribution in [3.63, 3.8) is 0 Å². The lowest BCUT2D eigenvalue weighted by Gasteiger charge is -2.23. The monoisotopic (exact) mass is 292 g/mol. The molecule has 1 aromatic rings. The van der Waals surface area contributed by atoms with Crippen LogP contribution in [0.15, 0.2) is 12.1 Å². The Labute approximate surface area is 130 Å². The molecule has 0 aromatic carbocycles. The van der Waals surface area contributed by atoms with E-state index < -0.39 is 0 Å². The molecule has 1 heterocycles. The second-order valence-corrected chi connectivity index (χ2v) is 7.10. The van der Waals surface area contributed by atoms with Crippen LogP contribution in [-0.4, -0.2) is 49.7 Å². The minimum atomic E-state index is 0.133. The van der Waals surface area contributed by atoms with Gasteiger partial charge in [-0.2, -0.15) is 0 Å². The Morgan fingerprint density at radius 1 is 1.10 bits per heavy atom. The van der Waals surface area contributed by atoms with Gasteiger partial charge in [-0.3, -0.25) is 0 Å². The van der Waals surface area contributed by atoms with Gasteiger partial charge in [0.15, 0.2) is 0 Å². The normalized spacial score (nSPS) is 12.0. The van der Waals surface area contributed by atoms with Crippen molar-refractivity contribution in [2.75, 3.05) is 39.1 Å². The van der Waals surface area contributed by atoms with E-state index >= 15 is 0 Å². The fourth-order valence-corrected chi connectivity index (χ4v) is 2.08. The molecule has 120 valence electrons. The molecule has 0 radical (unpaired) electrons. The summed E-state index contributed by atoms with van der Waals surface area (Å²) in [6.07, 6.45) is 1.15. The Balaban J connectivity index is 2.60. The van der Waals surface area contributed by atoms with Crippen LogP contribution < -0.4 is 10.2 Å². The molecule has 0 atom stereocenters. The van der Waals surface area contributed by atoms with Gasteiger partial charge in [-0.15, -0.1) is 0 Å². The quantitative estimate of drug-likeness (QED) is 0.837. The number of hydrogen-bond donors (Lipinski definition) is 1. The molecule has 0 aliphatic rings. The van der Waals surface area contributed by atoms with Crippen LogP contribution in [0.5, 0.6) is 0 Å². The molecule has 0 spiro atoms. The van der Waals surface area contributed by atoms with E-state index in [2.05, 4.69) is 76.1 Å². The first-order valence-electron chi connectivity index (χ1n) is 7.76. The smallest absolute Gasteiger partial charge is 0.128 e. The molecule has 4 heteroatoms. The van der Waals surface area contributed by atoms with Gasteiger partial charge in [-0.05, 0) is 66.4 Å². The van der Waals surface area contributed by atoms with Crippen LogP contribution in [0.1, 0.15) is 38.4 Å². The zero-order valence-electron chi connectivity index (χ0n) is 14.8. The summed E-state index contributed by atoms with van der Waals surface area (Å²) in [7, 11) is 6.34. The molecule has 0 saturated heterocycles. The van der Waals surface area contributed by atoms with Crippen LogP contribution in [0.2, 0.25) is 0 Å². The summed E-state index contributed by atoms with van der Waals surface area (Å²) in [6.45, 7) is 11.7. The SMILES string of the molecule is Cc1nc(N(C)CCCN(C)C)ccc1CNC(C)(C)C. The predicted molar refractivity (Wildman–Crippen MR) is 92.0 cm³/mol. The van der Waals surface area contributed by atoms with Crippen molar-refractivity contribution in [1.29, 1.82) is 0 Å². The van der Waals surface area contributed by atoms with Crippen LogP contribution >= 0.6 is 0 Å². The number of aromatic nitrogens is 1. The summed E-state index contributed by atoms with van der Waals surface area (Å²) >= 11 is 0. The van der Waals surface area contributed by atoms with Gasteiger partial charge in [-0.25, -0.2) is 4.98 Å². The fraction of sp³-hybridized carbons (Fsp3) is 0.706. The lowest BCUT2D eigenvalue weighted by molar-refractivity contribution is 0.401. The summed E-state index contributed by atoms with van der Waals surface area (Å²) in [5, 5.41) is 3.52. The molecular formula is C17H32N4. The van der Waals surface area contributed by atoms with Crippen molar-refractivity contribution in [3.8, 4) is 0 Å². The molecular weight excluding hydrogens is 260 g/mol. The highest BCUT2D eigenvalue weighted by Gasteiger charge is 2.11. The maximum Gasteiger partial charge on any atom is 0.128 e. The second kappa shape index (κ2) is 7.76. The molecule has 1 N–H and O–H groups in total. The lowest BCUT2D eigenvalue weighted by Crippen LogP contribution is -2.35. The van der Waals surface area contributed by atoms with Crippen molar-refractivity contribution in [2.24, 2.45) is 0 Å². The Morgan fingerprint density at radius 3 is 2.29 bits per heavy atom. The van der Waals surface area contributed by atoms with Gasteiger partial charge in [0.05, 0.1) is 0 Å². The minimum Gasteiger partial charge on any atom is -0.360 e. The first-order chi connectivity index (χ1) is 9.69. The zero-order chi connectivity index (χ0) is 16.0. The van der Waals surface area contributed by atoms with Crippen molar-refractivity contribution in [1.82, 2.24) is 15.2 Å². The van der Waals surface area contributed by atoms with Gasteiger partial charge >= 0.3 is 0 Å². The first-order valence-corrected chi connectivity index (χ1v) is 7.76. The van der Waals surface area contributed by atoms with Gasteiger partial charge in [0.1, 0.15) is 5.82 Å². The third-order valence-electron chi connectivity index (χ3n) is 3.48. The summed E-state index contributed by atoms with van der Waals surface area (Å²) in [5.74, 6) is 1.06. The molecule has 0 unspecified atom stereocenters. The van der Waals surface area contributed by atoms with E-state index in [1.165, 1.54) is 5.56 Å². The van der Waals surface area contributed by atoms with E-state index in [-0.39, 0.29) is 5.54 Å². The molecule has 21 heavy (non-hydrogen) atoms. The Kier molecular flexibility index (Phi) is 6.62. The van der Waals surface area contributed by atoms with Gasteiger partial charge < -0.3 is 15.1 Å². The molecule has 0 aliphatic carbocycles.